The standard InChI is InChI=1S/C19H19N5O3S/c1-12-5-3-7-15(13(12)2)22-16(25)10-21-17(26)11-28-19-24-23-18(27-19)14-6-4-8-20-9-14/h3-9H,10-11H2,1-2H3,(H,21,26)(H,22,25). The third-order valence-corrected chi connectivity index (χ3v) is 4.78. The average Bonchev–Trinajstić information content (AvgIpc) is 3.18. The Kier molecular flexibility index (Phi) is 6.38. The molecule has 28 heavy (non-hydrogen) atoms. The summed E-state index contributed by atoms with van der Waals surface area (Å²) in [5.41, 5.74) is 3.53. The summed E-state index contributed by atoms with van der Waals surface area (Å²) in [6.07, 6.45) is 3.26. The highest BCUT2D eigenvalue weighted by Crippen LogP contribution is 2.22. The Hall–Kier alpha value is -3.20. The molecule has 0 saturated carbocycles. The molecule has 0 unspecified atom stereocenters. The molecule has 0 saturated heterocycles. The van der Waals surface area contributed by atoms with Crippen molar-refractivity contribution in [2.24, 2.45) is 0 Å². The van der Waals surface area contributed by atoms with Crippen LogP contribution in [0.5, 0.6) is 0 Å². The van der Waals surface area contributed by atoms with E-state index in [9.17, 15) is 9.59 Å². The fraction of sp³-hybridized carbons (Fsp3) is 0.211. The highest BCUT2D eigenvalue weighted by atomic mass is 32.2. The molecular weight excluding hydrogens is 378 g/mol. The predicted octanol–water partition coefficient (Wildman–Crippen LogP) is 2.60. The number of benzene rings is 1. The highest BCUT2D eigenvalue weighted by Gasteiger charge is 2.12. The van der Waals surface area contributed by atoms with E-state index in [1.807, 2.05) is 32.0 Å². The van der Waals surface area contributed by atoms with E-state index in [0.717, 1.165) is 28.6 Å². The molecule has 8 nitrogen and oxygen atoms in total. The molecule has 0 aliphatic carbocycles. The van der Waals surface area contributed by atoms with Gasteiger partial charge in [-0.25, -0.2) is 0 Å². The summed E-state index contributed by atoms with van der Waals surface area (Å²) in [5.74, 6) is -0.194. The van der Waals surface area contributed by atoms with Crippen LogP contribution >= 0.6 is 11.8 Å². The average molecular weight is 397 g/mol. The lowest BCUT2D eigenvalue weighted by atomic mass is 10.1. The van der Waals surface area contributed by atoms with Gasteiger partial charge in [0.25, 0.3) is 5.22 Å². The number of aromatic nitrogens is 3. The van der Waals surface area contributed by atoms with Crippen LogP contribution in [-0.4, -0.2) is 39.3 Å². The van der Waals surface area contributed by atoms with Gasteiger partial charge in [-0.1, -0.05) is 23.9 Å². The van der Waals surface area contributed by atoms with E-state index in [0.29, 0.717) is 11.5 Å². The quantitative estimate of drug-likeness (QED) is 0.590. The Morgan fingerprint density at radius 1 is 1.11 bits per heavy atom. The van der Waals surface area contributed by atoms with E-state index >= 15 is 0 Å². The molecule has 0 aliphatic rings. The number of nitrogens with one attached hydrogen (secondary N) is 2. The molecule has 2 N–H and O–H groups in total. The van der Waals surface area contributed by atoms with Crippen LogP contribution in [0.2, 0.25) is 0 Å². The van der Waals surface area contributed by atoms with Crippen molar-refractivity contribution >= 4 is 29.3 Å². The van der Waals surface area contributed by atoms with Crippen molar-refractivity contribution in [2.75, 3.05) is 17.6 Å². The zero-order chi connectivity index (χ0) is 19.9. The van der Waals surface area contributed by atoms with Crippen molar-refractivity contribution < 1.29 is 14.0 Å². The maximum Gasteiger partial charge on any atom is 0.277 e. The van der Waals surface area contributed by atoms with Crippen molar-refractivity contribution in [1.82, 2.24) is 20.5 Å². The van der Waals surface area contributed by atoms with Crippen molar-refractivity contribution in [2.45, 2.75) is 19.1 Å². The van der Waals surface area contributed by atoms with Crippen molar-refractivity contribution in [3.8, 4) is 11.5 Å². The summed E-state index contributed by atoms with van der Waals surface area (Å²) in [4.78, 5) is 28.0. The zero-order valence-electron chi connectivity index (χ0n) is 15.4. The summed E-state index contributed by atoms with van der Waals surface area (Å²) in [6, 6.07) is 9.24. The first-order valence-electron chi connectivity index (χ1n) is 8.52. The molecular formula is C19H19N5O3S. The number of anilines is 1. The zero-order valence-corrected chi connectivity index (χ0v) is 16.2. The first-order valence-corrected chi connectivity index (χ1v) is 9.51. The Balaban J connectivity index is 1.44. The Labute approximate surface area is 166 Å². The third kappa shape index (κ3) is 5.17. The van der Waals surface area contributed by atoms with E-state index in [1.54, 1.807) is 24.5 Å². The largest absolute Gasteiger partial charge is 0.411 e. The molecule has 0 atom stereocenters. The van der Waals surface area contributed by atoms with Gasteiger partial charge in [0.15, 0.2) is 0 Å². The second kappa shape index (κ2) is 9.14. The number of hydrogen-bond acceptors (Lipinski definition) is 7. The van der Waals surface area contributed by atoms with Crippen LogP contribution < -0.4 is 10.6 Å². The van der Waals surface area contributed by atoms with E-state index < -0.39 is 0 Å². The lowest BCUT2D eigenvalue weighted by Crippen LogP contribution is -2.34. The van der Waals surface area contributed by atoms with E-state index in [1.165, 1.54) is 0 Å². The van der Waals surface area contributed by atoms with Crippen LogP contribution in [0.15, 0.2) is 52.4 Å². The van der Waals surface area contributed by atoms with Crippen molar-refractivity contribution in [3.63, 3.8) is 0 Å². The Morgan fingerprint density at radius 2 is 1.96 bits per heavy atom. The number of aryl methyl sites for hydroxylation is 1. The first kappa shape index (κ1) is 19.6. The first-order chi connectivity index (χ1) is 13.5. The number of carbonyl (C=O) groups is 2. The van der Waals surface area contributed by atoms with Crippen LogP contribution in [0.25, 0.3) is 11.5 Å². The van der Waals surface area contributed by atoms with Gasteiger partial charge in [0.1, 0.15) is 0 Å². The number of amides is 2. The number of carbonyl (C=O) groups excluding carboxylic acids is 2. The second-order valence-corrected chi connectivity index (χ2v) is 6.90. The second-order valence-electron chi connectivity index (χ2n) is 5.98. The number of thioether (sulfide) groups is 1. The number of hydrogen-bond donors (Lipinski definition) is 2. The molecule has 2 amide bonds. The molecule has 2 aromatic heterocycles. The molecule has 0 fully saturated rings. The normalized spacial score (nSPS) is 10.5. The minimum Gasteiger partial charge on any atom is -0.411 e. The number of pyridine rings is 1. The fourth-order valence-corrected chi connectivity index (χ4v) is 2.91. The Bertz CT molecular complexity index is 975. The maximum absolute atomic E-state index is 12.0. The summed E-state index contributed by atoms with van der Waals surface area (Å²) in [7, 11) is 0. The lowest BCUT2D eigenvalue weighted by molar-refractivity contribution is -0.122. The van der Waals surface area contributed by atoms with Gasteiger partial charge >= 0.3 is 0 Å². The van der Waals surface area contributed by atoms with E-state index in [2.05, 4.69) is 25.8 Å². The number of rotatable bonds is 7. The fourth-order valence-electron chi connectivity index (χ4n) is 2.31. The molecule has 2 heterocycles. The van der Waals surface area contributed by atoms with E-state index in [4.69, 9.17) is 4.42 Å². The van der Waals surface area contributed by atoms with Gasteiger partial charge in [0.2, 0.25) is 17.7 Å². The van der Waals surface area contributed by atoms with Gasteiger partial charge in [-0.2, -0.15) is 0 Å². The minimum absolute atomic E-state index is 0.0609. The van der Waals surface area contributed by atoms with Crippen molar-refractivity contribution in [3.05, 3.63) is 53.9 Å². The molecule has 9 heteroatoms. The van der Waals surface area contributed by atoms with Gasteiger partial charge in [-0.3, -0.25) is 14.6 Å². The van der Waals surface area contributed by atoms with Gasteiger partial charge in [0, 0.05) is 18.1 Å². The Morgan fingerprint density at radius 3 is 2.75 bits per heavy atom. The third-order valence-electron chi connectivity index (χ3n) is 3.97. The molecule has 0 bridgehead atoms. The minimum atomic E-state index is -0.303. The summed E-state index contributed by atoms with van der Waals surface area (Å²) in [5, 5.41) is 13.5. The van der Waals surface area contributed by atoms with Gasteiger partial charge < -0.3 is 15.1 Å². The maximum atomic E-state index is 12.0. The summed E-state index contributed by atoms with van der Waals surface area (Å²) >= 11 is 1.10. The van der Waals surface area contributed by atoms with Crippen LogP contribution in [0.4, 0.5) is 5.69 Å². The van der Waals surface area contributed by atoms with Crippen molar-refractivity contribution in [1.29, 1.82) is 0 Å². The van der Waals surface area contributed by atoms with E-state index in [-0.39, 0.29) is 29.3 Å². The molecule has 0 radical (unpaired) electrons. The number of nitrogens with zero attached hydrogens (tertiary/aromatic N) is 3. The lowest BCUT2D eigenvalue weighted by Gasteiger charge is -2.10. The molecule has 0 aliphatic heterocycles. The molecule has 0 spiro atoms. The van der Waals surface area contributed by atoms with Crippen LogP contribution in [-0.2, 0) is 9.59 Å². The molecule has 144 valence electrons. The van der Waals surface area contributed by atoms with Crippen LogP contribution in [0.3, 0.4) is 0 Å². The SMILES string of the molecule is Cc1cccc(NC(=O)CNC(=O)CSc2nnc(-c3cccnc3)o2)c1C. The van der Waals surface area contributed by atoms with Crippen LogP contribution in [0.1, 0.15) is 11.1 Å². The highest BCUT2D eigenvalue weighted by molar-refractivity contribution is 7.99. The van der Waals surface area contributed by atoms with Gasteiger partial charge in [-0.05, 0) is 43.2 Å². The summed E-state index contributed by atoms with van der Waals surface area (Å²) < 4.78 is 5.49. The van der Waals surface area contributed by atoms with Gasteiger partial charge in [0.05, 0.1) is 17.9 Å². The topological polar surface area (TPSA) is 110 Å². The predicted molar refractivity (Wildman–Crippen MR) is 106 cm³/mol. The van der Waals surface area contributed by atoms with Gasteiger partial charge in [-0.15, -0.1) is 10.2 Å². The smallest absolute Gasteiger partial charge is 0.277 e. The monoisotopic (exact) mass is 397 g/mol. The van der Waals surface area contributed by atoms with Crippen LogP contribution in [0, 0.1) is 13.8 Å². The molecule has 1 aromatic carbocycles. The molecule has 3 aromatic rings. The summed E-state index contributed by atoms with van der Waals surface area (Å²) in [6.45, 7) is 3.79. The molecule has 3 rings (SSSR count).